The normalized spacial score (nSPS) is 8.62. The fourth-order valence-electron chi connectivity index (χ4n) is 0.874. The quantitative estimate of drug-likeness (QED) is 0.724. The SMILES string of the molecule is Cl.Cl.O=c1cnc2cccnc2[nH]1. The predicted octanol–water partition coefficient (Wildman–Crippen LogP) is 1.16. The maximum atomic E-state index is 10.7. The molecule has 70 valence electrons. The highest BCUT2D eigenvalue weighted by molar-refractivity contribution is 5.85. The van der Waals surface area contributed by atoms with Crippen LogP contribution in [0.2, 0.25) is 0 Å². The van der Waals surface area contributed by atoms with Crippen LogP contribution in [0.5, 0.6) is 0 Å². The molecule has 0 saturated heterocycles. The zero-order chi connectivity index (χ0) is 7.68. The van der Waals surface area contributed by atoms with Crippen molar-refractivity contribution in [3.63, 3.8) is 0 Å². The van der Waals surface area contributed by atoms with Crippen LogP contribution in [0.3, 0.4) is 0 Å². The van der Waals surface area contributed by atoms with E-state index in [-0.39, 0.29) is 30.4 Å². The van der Waals surface area contributed by atoms with Crippen LogP contribution in [0.15, 0.2) is 29.3 Å². The van der Waals surface area contributed by atoms with Crippen molar-refractivity contribution in [3.05, 3.63) is 34.9 Å². The van der Waals surface area contributed by atoms with Gasteiger partial charge in [-0.2, -0.15) is 0 Å². The van der Waals surface area contributed by atoms with Crippen molar-refractivity contribution in [2.24, 2.45) is 0 Å². The lowest BCUT2D eigenvalue weighted by molar-refractivity contribution is 1.17. The van der Waals surface area contributed by atoms with Crippen molar-refractivity contribution in [2.75, 3.05) is 0 Å². The van der Waals surface area contributed by atoms with Gasteiger partial charge in [-0.05, 0) is 12.1 Å². The second-order valence-corrected chi connectivity index (χ2v) is 2.12. The highest BCUT2D eigenvalue weighted by Crippen LogP contribution is 1.98. The Labute approximate surface area is 86.2 Å². The highest BCUT2D eigenvalue weighted by Gasteiger charge is 1.92. The van der Waals surface area contributed by atoms with Gasteiger partial charge in [-0.3, -0.25) is 4.79 Å². The first-order valence-corrected chi connectivity index (χ1v) is 3.16. The van der Waals surface area contributed by atoms with E-state index in [1.807, 2.05) is 0 Å². The zero-order valence-electron chi connectivity index (χ0n) is 6.43. The Bertz CT molecular complexity index is 443. The van der Waals surface area contributed by atoms with E-state index in [1.54, 1.807) is 18.3 Å². The molecular formula is C7H7Cl2N3O. The molecule has 0 unspecified atom stereocenters. The Balaban J connectivity index is 0.000000720. The molecule has 0 fully saturated rings. The molecule has 2 aromatic heterocycles. The second-order valence-electron chi connectivity index (χ2n) is 2.12. The predicted molar refractivity (Wildman–Crippen MR) is 54.7 cm³/mol. The van der Waals surface area contributed by atoms with Crippen LogP contribution in [0.25, 0.3) is 11.2 Å². The maximum absolute atomic E-state index is 10.7. The van der Waals surface area contributed by atoms with Gasteiger partial charge >= 0.3 is 0 Å². The number of aromatic amines is 1. The number of halogens is 2. The number of aromatic nitrogens is 3. The van der Waals surface area contributed by atoms with E-state index in [2.05, 4.69) is 15.0 Å². The average molecular weight is 220 g/mol. The van der Waals surface area contributed by atoms with Crippen molar-refractivity contribution in [1.82, 2.24) is 15.0 Å². The fourth-order valence-corrected chi connectivity index (χ4v) is 0.874. The highest BCUT2D eigenvalue weighted by atomic mass is 35.5. The number of fused-ring (bicyclic) bond motifs is 1. The molecule has 2 aromatic rings. The summed E-state index contributed by atoms with van der Waals surface area (Å²) in [6.45, 7) is 0. The molecule has 4 nitrogen and oxygen atoms in total. The Hall–Kier alpha value is -1.13. The lowest BCUT2D eigenvalue weighted by Crippen LogP contribution is -2.05. The van der Waals surface area contributed by atoms with Gasteiger partial charge in [0.05, 0.1) is 6.20 Å². The van der Waals surface area contributed by atoms with Crippen molar-refractivity contribution in [1.29, 1.82) is 0 Å². The fraction of sp³-hybridized carbons (Fsp3) is 0. The van der Waals surface area contributed by atoms with E-state index in [1.165, 1.54) is 6.20 Å². The van der Waals surface area contributed by atoms with Gasteiger partial charge in [0.25, 0.3) is 5.56 Å². The van der Waals surface area contributed by atoms with Gasteiger partial charge in [0, 0.05) is 6.20 Å². The Morgan fingerprint density at radius 1 is 1.23 bits per heavy atom. The molecule has 6 heteroatoms. The van der Waals surface area contributed by atoms with E-state index in [0.717, 1.165) is 0 Å². The lowest BCUT2D eigenvalue weighted by Gasteiger charge is -1.91. The largest absolute Gasteiger partial charge is 0.304 e. The van der Waals surface area contributed by atoms with Crippen molar-refractivity contribution in [2.45, 2.75) is 0 Å². The van der Waals surface area contributed by atoms with E-state index >= 15 is 0 Å². The summed E-state index contributed by atoms with van der Waals surface area (Å²) in [5, 5.41) is 0. The van der Waals surface area contributed by atoms with Gasteiger partial charge in [0.2, 0.25) is 0 Å². The topological polar surface area (TPSA) is 58.6 Å². The molecule has 0 spiro atoms. The molecule has 0 aliphatic carbocycles. The molecule has 0 saturated carbocycles. The van der Waals surface area contributed by atoms with Gasteiger partial charge in [-0.15, -0.1) is 24.8 Å². The van der Waals surface area contributed by atoms with Gasteiger partial charge in [-0.1, -0.05) is 0 Å². The average Bonchev–Trinajstić information content (AvgIpc) is 2.04. The summed E-state index contributed by atoms with van der Waals surface area (Å²) < 4.78 is 0. The summed E-state index contributed by atoms with van der Waals surface area (Å²) in [7, 11) is 0. The summed E-state index contributed by atoms with van der Waals surface area (Å²) in [5.41, 5.74) is 1.00. The van der Waals surface area contributed by atoms with Crippen LogP contribution >= 0.6 is 24.8 Å². The van der Waals surface area contributed by atoms with Crippen molar-refractivity contribution >= 4 is 36.0 Å². The van der Waals surface area contributed by atoms with Gasteiger partial charge in [0.1, 0.15) is 5.52 Å². The number of nitrogens with one attached hydrogen (secondary N) is 1. The monoisotopic (exact) mass is 219 g/mol. The minimum atomic E-state index is -0.226. The van der Waals surface area contributed by atoms with Crippen molar-refractivity contribution in [3.8, 4) is 0 Å². The number of H-pyrrole nitrogens is 1. The van der Waals surface area contributed by atoms with Crippen LogP contribution in [0.1, 0.15) is 0 Å². The number of hydrogen-bond acceptors (Lipinski definition) is 3. The maximum Gasteiger partial charge on any atom is 0.268 e. The summed E-state index contributed by atoms with van der Waals surface area (Å²) in [5.74, 6) is 0. The van der Waals surface area contributed by atoms with E-state index in [4.69, 9.17) is 0 Å². The minimum Gasteiger partial charge on any atom is -0.304 e. The molecule has 0 radical (unpaired) electrons. The third-order valence-corrected chi connectivity index (χ3v) is 1.35. The molecular weight excluding hydrogens is 213 g/mol. The summed E-state index contributed by atoms with van der Waals surface area (Å²) in [6.07, 6.45) is 2.85. The number of nitrogens with zero attached hydrogens (tertiary/aromatic N) is 2. The Morgan fingerprint density at radius 2 is 2.00 bits per heavy atom. The third-order valence-electron chi connectivity index (χ3n) is 1.35. The van der Waals surface area contributed by atoms with Crippen LogP contribution in [-0.4, -0.2) is 15.0 Å². The van der Waals surface area contributed by atoms with Gasteiger partial charge in [0.15, 0.2) is 5.65 Å². The zero-order valence-corrected chi connectivity index (χ0v) is 8.06. The lowest BCUT2D eigenvalue weighted by atomic mass is 10.4. The Kier molecular flexibility index (Phi) is 4.37. The van der Waals surface area contributed by atoms with Crippen LogP contribution in [-0.2, 0) is 0 Å². The Morgan fingerprint density at radius 3 is 2.77 bits per heavy atom. The van der Waals surface area contributed by atoms with Crippen LogP contribution in [0, 0.1) is 0 Å². The molecule has 0 atom stereocenters. The molecule has 0 aliphatic rings. The third kappa shape index (κ3) is 2.40. The molecule has 0 aromatic carbocycles. The van der Waals surface area contributed by atoms with Gasteiger partial charge < -0.3 is 4.98 Å². The minimum absolute atomic E-state index is 0. The second kappa shape index (κ2) is 4.79. The van der Waals surface area contributed by atoms with Crippen molar-refractivity contribution < 1.29 is 0 Å². The summed E-state index contributed by atoms with van der Waals surface area (Å²) in [4.78, 5) is 21.1. The first kappa shape index (κ1) is 11.9. The molecule has 0 bridgehead atoms. The summed E-state index contributed by atoms with van der Waals surface area (Å²) in [6, 6.07) is 3.56. The molecule has 0 aliphatic heterocycles. The van der Waals surface area contributed by atoms with E-state index in [9.17, 15) is 4.79 Å². The first-order chi connectivity index (χ1) is 5.36. The molecule has 13 heavy (non-hydrogen) atoms. The number of pyridine rings is 1. The standard InChI is InChI=1S/C7H5N3O.2ClH/c11-6-4-9-5-2-1-3-8-7(5)10-6;;/h1-4H,(H,8,10,11);2*1H. The van der Waals surface area contributed by atoms with Crippen LogP contribution < -0.4 is 5.56 Å². The van der Waals surface area contributed by atoms with Crippen LogP contribution in [0.4, 0.5) is 0 Å². The molecule has 2 rings (SSSR count). The molecule has 2 heterocycles. The molecule has 1 N–H and O–H groups in total. The smallest absolute Gasteiger partial charge is 0.268 e. The van der Waals surface area contributed by atoms with Gasteiger partial charge in [-0.25, -0.2) is 9.97 Å². The first-order valence-electron chi connectivity index (χ1n) is 3.16. The van der Waals surface area contributed by atoms with E-state index in [0.29, 0.717) is 11.2 Å². The van der Waals surface area contributed by atoms with E-state index < -0.39 is 0 Å². The molecule has 0 amide bonds. The number of hydrogen-bond donors (Lipinski definition) is 1. The summed E-state index contributed by atoms with van der Waals surface area (Å²) >= 11 is 0. The number of rotatable bonds is 0.